The summed E-state index contributed by atoms with van der Waals surface area (Å²) in [6.45, 7) is 0. The Morgan fingerprint density at radius 2 is 0.750 bits per heavy atom. The third-order valence-electron chi connectivity index (χ3n) is 5.73. The average Bonchev–Trinajstić information content (AvgIpc) is 2.89. The second kappa shape index (κ2) is 9.32. The van der Waals surface area contributed by atoms with Crippen LogP contribution in [0.1, 0.15) is 11.1 Å². The lowest BCUT2D eigenvalue weighted by Crippen LogP contribution is -1.90. The van der Waals surface area contributed by atoms with Gasteiger partial charge in [0, 0.05) is 0 Å². The lowest BCUT2D eigenvalue weighted by atomic mass is 9.88. The van der Waals surface area contributed by atoms with Gasteiger partial charge in [-0.05, 0) is 44.5 Å². The molecule has 0 aromatic heterocycles. The molecule has 0 heteroatoms. The van der Waals surface area contributed by atoms with Gasteiger partial charge < -0.3 is 0 Å². The van der Waals surface area contributed by atoms with E-state index in [1.54, 1.807) is 0 Å². The van der Waals surface area contributed by atoms with Crippen LogP contribution in [0, 0.1) is 0 Å². The normalized spacial score (nSPS) is 11.0. The molecule has 5 rings (SSSR count). The van der Waals surface area contributed by atoms with Crippen molar-refractivity contribution < 1.29 is 0 Å². The molecule has 0 aliphatic heterocycles. The quantitative estimate of drug-likeness (QED) is 0.255. The maximum absolute atomic E-state index is 2.23. The fourth-order valence-electron chi connectivity index (χ4n) is 4.18. The molecule has 0 heterocycles. The van der Waals surface area contributed by atoms with Gasteiger partial charge in [-0.15, -0.1) is 0 Å². The third kappa shape index (κ3) is 4.17. The Hall–Kier alpha value is -4.16. The van der Waals surface area contributed by atoms with E-state index in [1.807, 2.05) is 6.07 Å². The molecule has 0 spiro atoms. The van der Waals surface area contributed by atoms with E-state index in [9.17, 15) is 0 Å². The van der Waals surface area contributed by atoms with Gasteiger partial charge in [-0.3, -0.25) is 0 Å². The van der Waals surface area contributed by atoms with Crippen LogP contribution in [0.25, 0.3) is 45.5 Å². The summed E-state index contributed by atoms with van der Waals surface area (Å²) in [5, 5.41) is 0. The summed E-state index contributed by atoms with van der Waals surface area (Å²) in [6, 6.07) is 47.1. The molecular weight excluding hydrogens is 384 g/mol. The minimum atomic E-state index is 1.20. The van der Waals surface area contributed by atoms with Crippen molar-refractivity contribution in [3.8, 4) is 33.4 Å². The molecule has 0 N–H and O–H groups in total. The summed E-state index contributed by atoms with van der Waals surface area (Å²) in [5.41, 5.74) is 9.85. The molecule has 0 nitrogen and oxygen atoms in total. The second-order valence-corrected chi connectivity index (χ2v) is 7.79. The summed E-state index contributed by atoms with van der Waals surface area (Å²) in [5.74, 6) is 0. The lowest BCUT2D eigenvalue weighted by molar-refractivity contribution is 1.55. The zero-order chi connectivity index (χ0) is 21.6. The van der Waals surface area contributed by atoms with Crippen molar-refractivity contribution in [1.29, 1.82) is 0 Å². The number of hydrogen-bond acceptors (Lipinski definition) is 0. The minimum absolute atomic E-state index is 1.20. The van der Waals surface area contributed by atoms with E-state index in [0.717, 1.165) is 0 Å². The van der Waals surface area contributed by atoms with Crippen LogP contribution in [-0.2, 0) is 0 Å². The first-order valence-electron chi connectivity index (χ1n) is 11.0. The minimum Gasteiger partial charge on any atom is -0.0622 e. The number of benzene rings is 5. The highest BCUT2D eigenvalue weighted by molar-refractivity contribution is 5.94. The van der Waals surface area contributed by atoms with Crippen LogP contribution in [0.15, 0.2) is 133 Å². The highest BCUT2D eigenvalue weighted by Gasteiger charge is 2.13. The van der Waals surface area contributed by atoms with E-state index in [4.69, 9.17) is 0 Å². The predicted molar refractivity (Wildman–Crippen MR) is 138 cm³/mol. The van der Waals surface area contributed by atoms with Gasteiger partial charge in [0.25, 0.3) is 0 Å². The van der Waals surface area contributed by atoms with Crippen molar-refractivity contribution in [1.82, 2.24) is 0 Å². The summed E-state index contributed by atoms with van der Waals surface area (Å²) in [6.07, 6.45) is 4.39. The van der Waals surface area contributed by atoms with Crippen LogP contribution < -0.4 is 0 Å². The summed E-state index contributed by atoms with van der Waals surface area (Å²) < 4.78 is 0. The molecule has 0 bridgehead atoms. The highest BCUT2D eigenvalue weighted by Crippen LogP contribution is 2.39. The van der Waals surface area contributed by atoms with Crippen LogP contribution >= 0.6 is 0 Å². The topological polar surface area (TPSA) is 0 Å². The van der Waals surface area contributed by atoms with E-state index in [2.05, 4.69) is 140 Å². The summed E-state index contributed by atoms with van der Waals surface area (Å²) in [7, 11) is 0. The third-order valence-corrected chi connectivity index (χ3v) is 5.73. The summed E-state index contributed by atoms with van der Waals surface area (Å²) in [4.78, 5) is 0. The smallest absolute Gasteiger partial charge is 0.00990 e. The first kappa shape index (κ1) is 19.8. The molecule has 0 fully saturated rings. The SMILES string of the molecule is C(=Cc1ccccc1-c1ccccc1-c1ccccc1-c1ccccc1)c1ccccc1. The Morgan fingerprint density at radius 1 is 0.312 bits per heavy atom. The Bertz CT molecular complexity index is 1350. The van der Waals surface area contributed by atoms with Crippen molar-refractivity contribution in [3.05, 3.63) is 145 Å². The van der Waals surface area contributed by atoms with Crippen molar-refractivity contribution >= 4 is 12.2 Å². The Balaban J connectivity index is 1.64. The highest BCUT2D eigenvalue weighted by atomic mass is 14.2. The Labute approximate surface area is 190 Å². The van der Waals surface area contributed by atoms with E-state index in [-0.39, 0.29) is 0 Å². The molecule has 5 aromatic carbocycles. The Morgan fingerprint density at radius 3 is 1.41 bits per heavy atom. The molecule has 152 valence electrons. The molecule has 0 atom stereocenters. The largest absolute Gasteiger partial charge is 0.0622 e. The van der Waals surface area contributed by atoms with Gasteiger partial charge in [-0.25, -0.2) is 0 Å². The van der Waals surface area contributed by atoms with Crippen LogP contribution in [0.2, 0.25) is 0 Å². The van der Waals surface area contributed by atoms with E-state index in [0.29, 0.717) is 0 Å². The van der Waals surface area contributed by atoms with E-state index in [1.165, 1.54) is 44.5 Å². The summed E-state index contributed by atoms with van der Waals surface area (Å²) >= 11 is 0. The van der Waals surface area contributed by atoms with Gasteiger partial charge in [0.15, 0.2) is 0 Å². The number of hydrogen-bond donors (Lipinski definition) is 0. The monoisotopic (exact) mass is 408 g/mol. The van der Waals surface area contributed by atoms with Crippen LogP contribution in [0.5, 0.6) is 0 Å². The molecule has 32 heavy (non-hydrogen) atoms. The van der Waals surface area contributed by atoms with Crippen LogP contribution in [0.4, 0.5) is 0 Å². The molecular formula is C32H24. The van der Waals surface area contributed by atoms with Crippen molar-refractivity contribution in [2.24, 2.45) is 0 Å². The average molecular weight is 409 g/mol. The molecule has 0 saturated carbocycles. The van der Waals surface area contributed by atoms with Crippen LogP contribution in [-0.4, -0.2) is 0 Å². The van der Waals surface area contributed by atoms with Gasteiger partial charge in [0.05, 0.1) is 0 Å². The van der Waals surface area contributed by atoms with Gasteiger partial charge >= 0.3 is 0 Å². The fraction of sp³-hybridized carbons (Fsp3) is 0. The zero-order valence-electron chi connectivity index (χ0n) is 17.9. The van der Waals surface area contributed by atoms with E-state index < -0.39 is 0 Å². The molecule has 0 amide bonds. The van der Waals surface area contributed by atoms with E-state index >= 15 is 0 Å². The van der Waals surface area contributed by atoms with Crippen molar-refractivity contribution in [2.75, 3.05) is 0 Å². The number of rotatable bonds is 5. The lowest BCUT2D eigenvalue weighted by Gasteiger charge is -2.16. The fourth-order valence-corrected chi connectivity index (χ4v) is 4.18. The Kier molecular flexibility index (Phi) is 5.76. The predicted octanol–water partition coefficient (Wildman–Crippen LogP) is 8.86. The van der Waals surface area contributed by atoms with Gasteiger partial charge in [0.2, 0.25) is 0 Å². The van der Waals surface area contributed by atoms with Crippen LogP contribution in [0.3, 0.4) is 0 Å². The van der Waals surface area contributed by atoms with Gasteiger partial charge in [-0.1, -0.05) is 146 Å². The molecule has 0 unspecified atom stereocenters. The molecule has 5 aromatic rings. The van der Waals surface area contributed by atoms with Crippen molar-refractivity contribution in [3.63, 3.8) is 0 Å². The standard InChI is InChI=1S/C32H24/c1-3-13-25(14-4-1)23-24-27-17-7-8-18-29(27)31-21-11-12-22-32(31)30-20-10-9-19-28(30)26-15-5-2-6-16-26/h1-24H. The molecule has 0 saturated heterocycles. The second-order valence-electron chi connectivity index (χ2n) is 7.79. The zero-order valence-corrected chi connectivity index (χ0v) is 17.9. The first-order chi connectivity index (χ1) is 15.9. The maximum Gasteiger partial charge on any atom is -0.00990 e. The van der Waals surface area contributed by atoms with Crippen molar-refractivity contribution in [2.45, 2.75) is 0 Å². The van der Waals surface area contributed by atoms with Gasteiger partial charge in [0.1, 0.15) is 0 Å². The molecule has 0 aliphatic rings. The first-order valence-corrected chi connectivity index (χ1v) is 11.0. The maximum atomic E-state index is 2.23. The van der Waals surface area contributed by atoms with Gasteiger partial charge in [-0.2, -0.15) is 0 Å². The molecule has 0 radical (unpaired) electrons. The molecule has 0 aliphatic carbocycles.